The van der Waals surface area contributed by atoms with Crippen LogP contribution >= 0.6 is 0 Å². The molecule has 1 unspecified atom stereocenters. The number of urea groups is 1. The number of aliphatic hydroxyl groups excluding tert-OH is 2. The summed E-state index contributed by atoms with van der Waals surface area (Å²) >= 11 is 0. The largest absolute Gasteiger partial charge is 0.563 e. The van der Waals surface area contributed by atoms with Crippen molar-refractivity contribution in [2.45, 2.75) is 57.3 Å². The molecule has 0 spiro atoms. The molecule has 0 bridgehead atoms. The van der Waals surface area contributed by atoms with Crippen LogP contribution in [0.5, 0.6) is 0 Å². The fraction of sp³-hybridized carbons (Fsp3) is 0.625. The molecule has 14 heteroatoms. The fourth-order valence-corrected chi connectivity index (χ4v) is 2.36. The van der Waals surface area contributed by atoms with E-state index in [-0.39, 0.29) is 24.0 Å². The summed E-state index contributed by atoms with van der Waals surface area (Å²) in [6, 6.07) is -4.66. The number of hydrogen-bond donors (Lipinski definition) is 6. The van der Waals surface area contributed by atoms with Gasteiger partial charge in [0.25, 0.3) is 0 Å². The van der Waals surface area contributed by atoms with Gasteiger partial charge in [0.2, 0.25) is 23.7 Å². The Morgan fingerprint density at radius 1 is 1.20 bits per heavy atom. The third kappa shape index (κ3) is 7.63. The van der Waals surface area contributed by atoms with Gasteiger partial charge in [-0.2, -0.15) is 4.98 Å². The summed E-state index contributed by atoms with van der Waals surface area (Å²) < 4.78 is 5.03. The Kier molecular flexibility index (Phi) is 9.64. The number of amides is 4. The van der Waals surface area contributed by atoms with E-state index in [0.29, 0.717) is 6.42 Å². The van der Waals surface area contributed by atoms with Crippen molar-refractivity contribution in [3.8, 4) is 0 Å². The first-order valence-corrected chi connectivity index (χ1v) is 9.11. The lowest BCUT2D eigenvalue weighted by molar-refractivity contribution is -0.141. The lowest BCUT2D eigenvalue weighted by Crippen LogP contribution is -2.52. The van der Waals surface area contributed by atoms with E-state index in [1.54, 1.807) is 0 Å². The summed E-state index contributed by atoms with van der Waals surface area (Å²) in [5.74, 6) is -2.71. The molecule has 0 fully saturated rings. The molecule has 14 nitrogen and oxygen atoms in total. The van der Waals surface area contributed by atoms with Crippen LogP contribution < -0.4 is 21.7 Å². The summed E-state index contributed by atoms with van der Waals surface area (Å²) in [5, 5.41) is 36.6. The van der Waals surface area contributed by atoms with E-state index < -0.39 is 55.2 Å². The van der Waals surface area contributed by atoms with Crippen molar-refractivity contribution < 1.29 is 39.0 Å². The predicted octanol–water partition coefficient (Wildman–Crippen LogP) is -2.76. The first-order valence-electron chi connectivity index (χ1n) is 9.11. The van der Waals surface area contributed by atoms with Gasteiger partial charge in [0, 0.05) is 11.2 Å². The third-order valence-corrected chi connectivity index (χ3v) is 3.82. The second-order valence-corrected chi connectivity index (χ2v) is 6.47. The second kappa shape index (κ2) is 11.7. The van der Waals surface area contributed by atoms with E-state index >= 15 is 0 Å². The van der Waals surface area contributed by atoms with E-state index in [9.17, 15) is 29.4 Å². The van der Waals surface area contributed by atoms with Gasteiger partial charge in [0.1, 0.15) is 12.1 Å². The van der Waals surface area contributed by atoms with E-state index in [4.69, 9.17) is 15.4 Å². The smallest absolute Gasteiger partial charge is 0.541 e. The Hall–Kier alpha value is -3.26. The molecule has 1 heterocycles. The molecule has 1 aromatic heterocycles. The predicted molar refractivity (Wildman–Crippen MR) is 99.5 cm³/mol. The first-order chi connectivity index (χ1) is 14.1. The average molecular weight is 431 g/mol. The number of nitrogens with zero attached hydrogens (tertiary/aromatic N) is 2. The molecule has 4 amide bonds. The monoisotopic (exact) mass is 431 g/mol. The Bertz CT molecular complexity index is 752. The van der Waals surface area contributed by atoms with Crippen molar-refractivity contribution in [3.05, 3.63) is 11.7 Å². The van der Waals surface area contributed by atoms with Crippen molar-refractivity contribution in [2.75, 3.05) is 6.61 Å². The molecule has 1 aromatic rings. The summed E-state index contributed by atoms with van der Waals surface area (Å²) in [7, 11) is 0. The molecule has 0 radical (unpaired) electrons. The minimum Gasteiger partial charge on any atom is -0.563 e. The molecule has 0 aliphatic carbocycles. The van der Waals surface area contributed by atoms with E-state index in [1.165, 1.54) is 6.92 Å². The zero-order valence-corrected chi connectivity index (χ0v) is 16.5. The topological polar surface area (TPSA) is 233 Å². The first kappa shape index (κ1) is 24.8. The molecule has 0 aliphatic rings. The normalized spacial score (nSPS) is 14.8. The number of carbonyl (C=O) groups excluding carboxylic acids is 4. The highest BCUT2D eigenvalue weighted by Gasteiger charge is 2.33. The lowest BCUT2D eigenvalue weighted by Gasteiger charge is -2.17. The minimum atomic E-state index is -1.50. The number of aromatic nitrogens is 2. The maximum atomic E-state index is 12.1. The molecule has 30 heavy (non-hydrogen) atoms. The van der Waals surface area contributed by atoms with Crippen LogP contribution in [0.4, 0.5) is 4.79 Å². The van der Waals surface area contributed by atoms with Gasteiger partial charge in [0.15, 0.2) is 5.82 Å². The number of carbonyl (C=O) groups is 4. The zero-order valence-electron chi connectivity index (χ0n) is 16.5. The number of primary amides is 1. The van der Waals surface area contributed by atoms with Gasteiger partial charge in [-0.3, -0.25) is 9.59 Å². The molecule has 0 saturated heterocycles. The highest BCUT2D eigenvalue weighted by atomic mass is 16.5. The number of nitrogens with one attached hydrogen (secondary N) is 3. The molecule has 4 atom stereocenters. The molecular weight excluding hydrogens is 404 g/mol. The van der Waals surface area contributed by atoms with Gasteiger partial charge in [-0.05, 0) is 13.3 Å². The summed E-state index contributed by atoms with van der Waals surface area (Å²) in [4.78, 5) is 50.4. The van der Waals surface area contributed by atoms with Gasteiger partial charge in [-0.15, -0.1) is 0 Å². The standard InChI is InChI=1S/C16H26N6O8/c1-3-4-11(26)18-9(6-23)13-21-14(30-22-13)8(5-10(17)25)19-16(29)20-12(7(2)24)15(27)28/h7-9,12,23-24H,3-6H2,1-2H3,(H2,17,25)(H,18,26)(H,27,28)(H2,19,20,29)/p+1/t7?,8-,9-,12-/m0/s1. The van der Waals surface area contributed by atoms with Crippen molar-refractivity contribution in [1.82, 2.24) is 26.1 Å². The van der Waals surface area contributed by atoms with Gasteiger partial charge >= 0.3 is 12.0 Å². The second-order valence-electron chi connectivity index (χ2n) is 6.47. The maximum Gasteiger partial charge on any atom is 0.541 e. The van der Waals surface area contributed by atoms with Crippen molar-refractivity contribution in [1.29, 1.82) is 0 Å². The Balaban J connectivity index is 2.96. The van der Waals surface area contributed by atoms with Crippen LogP contribution in [-0.2, 0) is 14.4 Å². The molecule has 9 N–H and O–H groups in total. The van der Waals surface area contributed by atoms with Crippen LogP contribution in [-0.4, -0.2) is 68.0 Å². The number of aliphatic hydroxyl groups is 2. The Morgan fingerprint density at radius 3 is 2.37 bits per heavy atom. The van der Waals surface area contributed by atoms with Crippen LogP contribution in [0.1, 0.15) is 56.9 Å². The average Bonchev–Trinajstić information content (AvgIpc) is 3.13. The van der Waals surface area contributed by atoms with E-state index in [2.05, 4.69) is 26.1 Å². The van der Waals surface area contributed by atoms with Crippen LogP contribution in [0, 0.1) is 0 Å². The van der Waals surface area contributed by atoms with Crippen LogP contribution in [0.25, 0.3) is 0 Å². The molecule has 168 valence electrons. The molecule has 0 saturated carbocycles. The lowest BCUT2D eigenvalue weighted by atomic mass is 10.2. The Morgan fingerprint density at radius 2 is 1.87 bits per heavy atom. The fourth-order valence-electron chi connectivity index (χ4n) is 2.36. The van der Waals surface area contributed by atoms with Gasteiger partial charge in [-0.25, -0.2) is 4.79 Å². The highest BCUT2D eigenvalue weighted by molar-refractivity contribution is 5.83. The SMILES string of the molecule is CCCC(=O)N[C@@H](CO)c1noc([C@H](CC(N)=O)NC(=O)N[C@H](C(=O)[OH2+])C(C)O)n1. The quantitative estimate of drug-likeness (QED) is 0.188. The van der Waals surface area contributed by atoms with E-state index in [1.807, 2.05) is 6.92 Å². The summed E-state index contributed by atoms with van der Waals surface area (Å²) in [6.45, 7) is 2.50. The maximum absolute atomic E-state index is 12.1. The minimum absolute atomic E-state index is 0.0863. The van der Waals surface area contributed by atoms with Crippen molar-refractivity contribution in [3.63, 3.8) is 0 Å². The molecule has 0 aromatic carbocycles. The molecule has 1 rings (SSSR count). The van der Waals surface area contributed by atoms with E-state index in [0.717, 1.165) is 0 Å². The Labute approximate surface area is 171 Å². The molecular formula is C16H27N6O8+. The molecule has 0 aliphatic heterocycles. The van der Waals surface area contributed by atoms with Crippen molar-refractivity contribution in [2.24, 2.45) is 5.73 Å². The van der Waals surface area contributed by atoms with Gasteiger partial charge in [-0.1, -0.05) is 12.1 Å². The van der Waals surface area contributed by atoms with Gasteiger partial charge < -0.3 is 41.5 Å². The number of rotatable bonds is 12. The summed E-state index contributed by atoms with van der Waals surface area (Å²) in [6.07, 6.45) is -0.959. The zero-order chi connectivity index (χ0) is 22.8. The third-order valence-electron chi connectivity index (χ3n) is 3.82. The van der Waals surface area contributed by atoms with Crippen LogP contribution in [0.15, 0.2) is 4.52 Å². The van der Waals surface area contributed by atoms with Gasteiger partial charge in [0.05, 0.1) is 19.1 Å². The van der Waals surface area contributed by atoms with Crippen LogP contribution in [0.2, 0.25) is 0 Å². The van der Waals surface area contributed by atoms with Crippen LogP contribution in [0.3, 0.4) is 0 Å². The summed E-state index contributed by atoms with van der Waals surface area (Å²) in [5.41, 5.74) is 5.17. The highest BCUT2D eigenvalue weighted by Crippen LogP contribution is 2.17. The van der Waals surface area contributed by atoms with Crippen molar-refractivity contribution >= 4 is 23.8 Å². The number of nitrogens with two attached hydrogens (primary N) is 1. The number of hydrogen-bond acceptors (Lipinski definition) is 9.